The summed E-state index contributed by atoms with van der Waals surface area (Å²) in [5, 5.41) is 3.01. The Kier molecular flexibility index (Phi) is 6.00. The molecule has 0 radical (unpaired) electrons. The summed E-state index contributed by atoms with van der Waals surface area (Å²) in [4.78, 5) is 19.4. The lowest BCUT2D eigenvalue weighted by Gasteiger charge is -2.27. The summed E-state index contributed by atoms with van der Waals surface area (Å²) in [5.41, 5.74) is 3.49. The molecule has 0 spiro atoms. The van der Waals surface area contributed by atoms with E-state index >= 15 is 0 Å². The lowest BCUT2D eigenvalue weighted by atomic mass is 10.0. The molecule has 1 saturated heterocycles. The number of aromatic nitrogens is 2. The first kappa shape index (κ1) is 19.3. The van der Waals surface area contributed by atoms with Crippen LogP contribution in [0.5, 0.6) is 0 Å². The Labute approximate surface area is 170 Å². The first-order chi connectivity index (χ1) is 14.2. The summed E-state index contributed by atoms with van der Waals surface area (Å²) in [6, 6.07) is 14.2. The first-order valence-electron chi connectivity index (χ1n) is 10.1. The van der Waals surface area contributed by atoms with E-state index in [-0.39, 0.29) is 11.7 Å². The third-order valence-electron chi connectivity index (χ3n) is 5.38. The molecule has 1 N–H and O–H groups in total. The van der Waals surface area contributed by atoms with Crippen molar-refractivity contribution >= 4 is 5.91 Å². The minimum atomic E-state index is -0.315. The van der Waals surface area contributed by atoms with Crippen LogP contribution in [0.25, 0.3) is 5.69 Å². The maximum atomic E-state index is 13.2. The van der Waals surface area contributed by atoms with Crippen LogP contribution in [0.15, 0.2) is 61.1 Å². The van der Waals surface area contributed by atoms with Gasteiger partial charge in [-0.05, 0) is 61.3 Å². The molecule has 5 nitrogen and oxygen atoms in total. The van der Waals surface area contributed by atoms with Crippen molar-refractivity contribution in [3.63, 3.8) is 0 Å². The van der Waals surface area contributed by atoms with Crippen molar-refractivity contribution in [3.05, 3.63) is 83.7 Å². The molecule has 3 aromatic rings. The molecule has 0 atom stereocenters. The minimum absolute atomic E-state index is 0.209. The van der Waals surface area contributed by atoms with Crippen molar-refractivity contribution in [2.75, 3.05) is 13.1 Å². The molecule has 2 aromatic carbocycles. The molecule has 29 heavy (non-hydrogen) atoms. The standard InChI is InChI=1S/C23H25FN4O/c24-20-8-10-21(11-9-20)28-17-25-15-22(28)23(29)26-14-18-6-2-3-7-19(18)16-27-12-4-1-5-13-27/h2-3,6-11,15,17H,1,4-5,12-14,16H2,(H,26,29). The van der Waals surface area contributed by atoms with E-state index in [0.717, 1.165) is 25.2 Å². The average Bonchev–Trinajstić information content (AvgIpc) is 3.24. The largest absolute Gasteiger partial charge is 0.347 e. The van der Waals surface area contributed by atoms with Crippen LogP contribution in [-0.2, 0) is 13.1 Å². The van der Waals surface area contributed by atoms with Gasteiger partial charge in [0.2, 0.25) is 0 Å². The van der Waals surface area contributed by atoms with Crippen molar-refractivity contribution in [1.29, 1.82) is 0 Å². The summed E-state index contributed by atoms with van der Waals surface area (Å²) < 4.78 is 14.9. The van der Waals surface area contributed by atoms with Crippen LogP contribution in [0.3, 0.4) is 0 Å². The van der Waals surface area contributed by atoms with Gasteiger partial charge in [-0.2, -0.15) is 0 Å². The summed E-state index contributed by atoms with van der Waals surface area (Å²) in [5.74, 6) is -0.523. The third-order valence-corrected chi connectivity index (χ3v) is 5.38. The van der Waals surface area contributed by atoms with E-state index in [1.54, 1.807) is 23.0 Å². The van der Waals surface area contributed by atoms with Gasteiger partial charge < -0.3 is 5.32 Å². The second-order valence-electron chi connectivity index (χ2n) is 7.41. The fourth-order valence-electron chi connectivity index (χ4n) is 3.78. The van der Waals surface area contributed by atoms with Gasteiger partial charge in [0.25, 0.3) is 5.91 Å². The predicted octanol–water partition coefficient (Wildman–Crippen LogP) is 3.93. The number of likely N-dealkylation sites (tertiary alicyclic amines) is 1. The van der Waals surface area contributed by atoms with E-state index in [1.807, 2.05) is 12.1 Å². The van der Waals surface area contributed by atoms with Gasteiger partial charge in [0.05, 0.1) is 12.5 Å². The monoisotopic (exact) mass is 392 g/mol. The summed E-state index contributed by atoms with van der Waals surface area (Å²) in [7, 11) is 0. The van der Waals surface area contributed by atoms with Gasteiger partial charge in [-0.15, -0.1) is 0 Å². The number of carbonyl (C=O) groups excluding carboxylic acids is 1. The Morgan fingerprint density at radius 1 is 1.00 bits per heavy atom. The van der Waals surface area contributed by atoms with E-state index in [0.29, 0.717) is 17.9 Å². The molecule has 2 heterocycles. The molecule has 150 valence electrons. The van der Waals surface area contributed by atoms with Gasteiger partial charge in [0.1, 0.15) is 11.5 Å². The van der Waals surface area contributed by atoms with E-state index in [1.165, 1.54) is 43.2 Å². The molecule has 6 heteroatoms. The lowest BCUT2D eigenvalue weighted by molar-refractivity contribution is 0.0944. The summed E-state index contributed by atoms with van der Waals surface area (Å²) >= 11 is 0. The normalized spacial score (nSPS) is 14.7. The molecule has 0 bridgehead atoms. The van der Waals surface area contributed by atoms with Gasteiger partial charge in [-0.3, -0.25) is 14.3 Å². The Morgan fingerprint density at radius 3 is 2.48 bits per heavy atom. The third kappa shape index (κ3) is 4.71. The second kappa shape index (κ2) is 9.01. The zero-order valence-corrected chi connectivity index (χ0v) is 16.4. The number of nitrogens with one attached hydrogen (secondary N) is 1. The van der Waals surface area contributed by atoms with Gasteiger partial charge in [0, 0.05) is 18.8 Å². The lowest BCUT2D eigenvalue weighted by Crippen LogP contribution is -2.30. The Balaban J connectivity index is 1.44. The molecule has 1 aliphatic rings. The Morgan fingerprint density at radius 2 is 1.72 bits per heavy atom. The maximum absolute atomic E-state index is 13.2. The van der Waals surface area contributed by atoms with Crippen molar-refractivity contribution in [3.8, 4) is 5.69 Å². The highest BCUT2D eigenvalue weighted by molar-refractivity contribution is 5.93. The van der Waals surface area contributed by atoms with Crippen molar-refractivity contribution < 1.29 is 9.18 Å². The van der Waals surface area contributed by atoms with Crippen LogP contribution in [0.2, 0.25) is 0 Å². The number of piperidine rings is 1. The van der Waals surface area contributed by atoms with Crippen LogP contribution in [0, 0.1) is 5.82 Å². The first-order valence-corrected chi connectivity index (χ1v) is 10.1. The molecule has 4 rings (SSSR count). The SMILES string of the molecule is O=C(NCc1ccccc1CN1CCCCC1)c1cncn1-c1ccc(F)cc1. The zero-order valence-electron chi connectivity index (χ0n) is 16.4. The van der Waals surface area contributed by atoms with E-state index in [4.69, 9.17) is 0 Å². The van der Waals surface area contributed by atoms with Crippen LogP contribution in [0.4, 0.5) is 4.39 Å². The van der Waals surface area contributed by atoms with Gasteiger partial charge in [-0.25, -0.2) is 9.37 Å². The molecule has 1 fully saturated rings. The Bertz CT molecular complexity index is 961. The van der Waals surface area contributed by atoms with Gasteiger partial charge in [-0.1, -0.05) is 30.7 Å². The number of hydrogen-bond acceptors (Lipinski definition) is 3. The maximum Gasteiger partial charge on any atom is 0.270 e. The van der Waals surface area contributed by atoms with Crippen molar-refractivity contribution in [2.45, 2.75) is 32.4 Å². The average molecular weight is 392 g/mol. The highest BCUT2D eigenvalue weighted by Crippen LogP contribution is 2.17. The highest BCUT2D eigenvalue weighted by Gasteiger charge is 2.15. The number of imidazole rings is 1. The second-order valence-corrected chi connectivity index (χ2v) is 7.41. The van der Waals surface area contributed by atoms with Crippen LogP contribution in [-0.4, -0.2) is 33.4 Å². The number of carbonyl (C=O) groups is 1. The fourth-order valence-corrected chi connectivity index (χ4v) is 3.78. The Hall–Kier alpha value is -2.99. The number of rotatable bonds is 6. The van der Waals surface area contributed by atoms with Gasteiger partial charge >= 0.3 is 0 Å². The summed E-state index contributed by atoms with van der Waals surface area (Å²) in [6.45, 7) is 3.64. The molecule has 0 unspecified atom stereocenters. The number of benzene rings is 2. The molecule has 0 aliphatic carbocycles. The van der Waals surface area contributed by atoms with E-state index in [9.17, 15) is 9.18 Å². The topological polar surface area (TPSA) is 50.2 Å². The molecular formula is C23H25FN4O. The smallest absolute Gasteiger partial charge is 0.270 e. The molecule has 1 amide bonds. The van der Waals surface area contributed by atoms with Crippen molar-refractivity contribution in [2.24, 2.45) is 0 Å². The van der Waals surface area contributed by atoms with Crippen LogP contribution < -0.4 is 5.32 Å². The molecule has 1 aliphatic heterocycles. The van der Waals surface area contributed by atoms with E-state index in [2.05, 4.69) is 27.3 Å². The number of amides is 1. The molecule has 1 aromatic heterocycles. The zero-order chi connectivity index (χ0) is 20.1. The van der Waals surface area contributed by atoms with Gasteiger partial charge in [0.15, 0.2) is 0 Å². The van der Waals surface area contributed by atoms with E-state index < -0.39 is 0 Å². The van der Waals surface area contributed by atoms with Crippen molar-refractivity contribution in [1.82, 2.24) is 19.8 Å². The minimum Gasteiger partial charge on any atom is -0.347 e. The number of halogens is 1. The molecule has 0 saturated carbocycles. The number of nitrogens with zero attached hydrogens (tertiary/aromatic N) is 3. The van der Waals surface area contributed by atoms with Crippen LogP contribution >= 0.6 is 0 Å². The highest BCUT2D eigenvalue weighted by atomic mass is 19.1. The molecular weight excluding hydrogens is 367 g/mol. The summed E-state index contributed by atoms with van der Waals surface area (Å²) in [6.07, 6.45) is 6.92. The quantitative estimate of drug-likeness (QED) is 0.692. The van der Waals surface area contributed by atoms with Crippen LogP contribution in [0.1, 0.15) is 40.9 Å². The predicted molar refractivity (Wildman–Crippen MR) is 110 cm³/mol. The fraction of sp³-hybridized carbons (Fsp3) is 0.304. The number of hydrogen-bond donors (Lipinski definition) is 1.